The molecule has 0 aromatic heterocycles. The Balaban J connectivity index is 0.000000182. The fourth-order valence-corrected chi connectivity index (χ4v) is 12.6. The standard InChI is InChI=1S/2C31H38ClNO4/c2*1-30(2,3)37-29(34)23-9-12-28-27(17-23)33(18-24-8-7-21(24)13-15-35-4)19-31(20-36-28)14-5-6-22-16-25(32)10-11-26(22)31/h2*9-13,15-17,21,24H,5-8,14,18-20H2,1-4H3/b15-13+;15-13-/t2*21-,24-,31-/m00/s1. The van der Waals surface area contributed by atoms with Crippen LogP contribution in [0.5, 0.6) is 11.5 Å². The lowest BCUT2D eigenvalue weighted by Crippen LogP contribution is -2.48. The molecule has 6 aliphatic rings. The number of esters is 2. The first kappa shape index (κ1) is 53.5. The molecule has 12 heteroatoms. The average molecular weight is 1050 g/mol. The van der Waals surface area contributed by atoms with Gasteiger partial charge in [0.2, 0.25) is 0 Å². The van der Waals surface area contributed by atoms with E-state index in [-0.39, 0.29) is 22.8 Å². The van der Waals surface area contributed by atoms with Gasteiger partial charge in [-0.15, -0.1) is 0 Å². The zero-order chi connectivity index (χ0) is 52.4. The molecule has 2 saturated carbocycles. The van der Waals surface area contributed by atoms with Crippen molar-refractivity contribution in [3.8, 4) is 11.5 Å². The van der Waals surface area contributed by atoms with Crippen molar-refractivity contribution in [2.24, 2.45) is 23.7 Å². The van der Waals surface area contributed by atoms with Gasteiger partial charge in [-0.1, -0.05) is 35.3 Å². The second kappa shape index (κ2) is 22.1. The molecule has 0 unspecified atom stereocenters. The number of rotatable bonds is 10. The number of hydrogen-bond acceptors (Lipinski definition) is 10. The van der Waals surface area contributed by atoms with E-state index in [1.807, 2.05) is 90.1 Å². The van der Waals surface area contributed by atoms with Gasteiger partial charge in [0, 0.05) is 47.1 Å². The Labute approximate surface area is 449 Å². The van der Waals surface area contributed by atoms with Gasteiger partial charge in [-0.2, -0.15) is 0 Å². The number of carbonyl (C=O) groups excluding carboxylic acids is 2. The molecular formula is C62H76Cl2N2O8. The summed E-state index contributed by atoms with van der Waals surface area (Å²) in [5, 5.41) is 1.57. The molecule has 0 radical (unpaired) electrons. The normalized spacial score (nSPS) is 25.1. The third-order valence-electron chi connectivity index (χ3n) is 16.1. The van der Waals surface area contributed by atoms with Gasteiger partial charge in [0.1, 0.15) is 22.7 Å². The van der Waals surface area contributed by atoms with Crippen molar-refractivity contribution in [2.75, 3.05) is 63.4 Å². The Morgan fingerprint density at radius 1 is 0.608 bits per heavy atom. The molecule has 4 aromatic carbocycles. The largest absolute Gasteiger partial charge is 0.505 e. The molecule has 2 spiro atoms. The van der Waals surface area contributed by atoms with E-state index in [1.165, 1.54) is 47.9 Å². The summed E-state index contributed by atoms with van der Waals surface area (Å²) in [5.41, 5.74) is 7.03. The van der Waals surface area contributed by atoms with E-state index in [2.05, 4.69) is 46.2 Å². The summed E-state index contributed by atoms with van der Waals surface area (Å²) >= 11 is 12.8. The van der Waals surface area contributed by atoms with Crippen molar-refractivity contribution < 1.29 is 38.0 Å². The molecule has 2 aliphatic heterocycles. The van der Waals surface area contributed by atoms with Crippen molar-refractivity contribution in [1.29, 1.82) is 0 Å². The summed E-state index contributed by atoms with van der Waals surface area (Å²) in [6.07, 6.45) is 19.1. The minimum Gasteiger partial charge on any atom is -0.505 e. The summed E-state index contributed by atoms with van der Waals surface area (Å²) in [5.74, 6) is 3.07. The number of aryl methyl sites for hydroxylation is 2. The van der Waals surface area contributed by atoms with Crippen LogP contribution in [0.25, 0.3) is 0 Å². The zero-order valence-electron chi connectivity index (χ0n) is 44.8. The van der Waals surface area contributed by atoms with Crippen molar-refractivity contribution in [3.63, 3.8) is 0 Å². The Morgan fingerprint density at radius 3 is 1.39 bits per heavy atom. The molecule has 4 aromatic rings. The van der Waals surface area contributed by atoms with Gasteiger partial charge in [0.15, 0.2) is 0 Å². The number of allylic oxidation sites excluding steroid dienone is 2. The van der Waals surface area contributed by atoms with Crippen LogP contribution in [0.2, 0.25) is 10.0 Å². The van der Waals surface area contributed by atoms with Crippen LogP contribution in [-0.2, 0) is 42.6 Å². The summed E-state index contributed by atoms with van der Waals surface area (Å²) in [6.45, 7) is 16.0. The molecule has 4 aliphatic carbocycles. The highest BCUT2D eigenvalue weighted by atomic mass is 35.5. The molecule has 10 rings (SSSR count). The predicted octanol–water partition coefficient (Wildman–Crippen LogP) is 13.9. The number of ether oxygens (including phenoxy) is 6. The van der Waals surface area contributed by atoms with Crippen LogP contribution in [0.1, 0.15) is 136 Å². The number of halogens is 2. The lowest BCUT2D eigenvalue weighted by Gasteiger charge is -2.44. The van der Waals surface area contributed by atoms with Crippen molar-refractivity contribution in [3.05, 3.63) is 141 Å². The number of carbonyl (C=O) groups is 2. The summed E-state index contributed by atoms with van der Waals surface area (Å²) in [7, 11) is 3.39. The third kappa shape index (κ3) is 12.0. The van der Waals surface area contributed by atoms with Crippen LogP contribution in [0.4, 0.5) is 11.4 Å². The molecule has 396 valence electrons. The minimum absolute atomic E-state index is 0.134. The van der Waals surface area contributed by atoms with E-state index in [0.29, 0.717) is 48.0 Å². The first-order valence-electron chi connectivity index (χ1n) is 26.8. The lowest BCUT2D eigenvalue weighted by molar-refractivity contribution is 0.00570. The zero-order valence-corrected chi connectivity index (χ0v) is 46.3. The van der Waals surface area contributed by atoms with Crippen molar-refractivity contribution in [1.82, 2.24) is 0 Å². The second-order valence-electron chi connectivity index (χ2n) is 23.7. The molecular weight excluding hydrogens is 972 g/mol. The Morgan fingerprint density at radius 2 is 1.03 bits per heavy atom. The fraction of sp³-hybridized carbons (Fsp3) is 0.516. The highest BCUT2D eigenvalue weighted by Gasteiger charge is 2.45. The average Bonchev–Trinajstić information content (AvgIpc) is 3.59. The number of fused-ring (bicyclic) bond motifs is 6. The summed E-state index contributed by atoms with van der Waals surface area (Å²) < 4.78 is 34.9. The number of hydrogen-bond donors (Lipinski definition) is 0. The summed E-state index contributed by atoms with van der Waals surface area (Å²) in [6, 6.07) is 24.1. The van der Waals surface area contributed by atoms with Gasteiger partial charge in [0.05, 0.1) is 62.5 Å². The maximum absolute atomic E-state index is 13.0. The number of methoxy groups -OCH3 is 2. The van der Waals surface area contributed by atoms with E-state index in [9.17, 15) is 9.59 Å². The molecule has 0 bridgehead atoms. The van der Waals surface area contributed by atoms with Crippen LogP contribution < -0.4 is 19.3 Å². The van der Waals surface area contributed by atoms with Gasteiger partial charge < -0.3 is 38.2 Å². The van der Waals surface area contributed by atoms with E-state index in [0.717, 1.165) is 97.6 Å². The smallest absolute Gasteiger partial charge is 0.338 e. The Hall–Kier alpha value is -5.32. The Bertz CT molecular complexity index is 2560. The van der Waals surface area contributed by atoms with Crippen molar-refractivity contribution >= 4 is 46.5 Å². The van der Waals surface area contributed by atoms with E-state index in [1.54, 1.807) is 26.7 Å². The third-order valence-corrected chi connectivity index (χ3v) is 16.6. The van der Waals surface area contributed by atoms with Gasteiger partial charge in [0.25, 0.3) is 0 Å². The highest BCUT2D eigenvalue weighted by Crippen LogP contribution is 2.49. The number of nitrogens with zero attached hydrogens (tertiary/aromatic N) is 2. The van der Waals surface area contributed by atoms with Crippen LogP contribution >= 0.6 is 23.2 Å². The van der Waals surface area contributed by atoms with E-state index >= 15 is 0 Å². The van der Waals surface area contributed by atoms with Gasteiger partial charge in [-0.25, -0.2) is 9.59 Å². The fourth-order valence-electron chi connectivity index (χ4n) is 12.2. The van der Waals surface area contributed by atoms with Gasteiger partial charge >= 0.3 is 11.9 Å². The number of benzene rings is 4. The molecule has 0 saturated heterocycles. The second-order valence-corrected chi connectivity index (χ2v) is 24.6. The molecule has 74 heavy (non-hydrogen) atoms. The van der Waals surface area contributed by atoms with Gasteiger partial charge in [-0.3, -0.25) is 0 Å². The van der Waals surface area contributed by atoms with E-state index < -0.39 is 11.2 Å². The van der Waals surface area contributed by atoms with Gasteiger partial charge in [-0.05, 0) is 224 Å². The van der Waals surface area contributed by atoms with Crippen LogP contribution in [0, 0.1) is 23.7 Å². The molecule has 0 N–H and O–H groups in total. The molecule has 2 fully saturated rings. The first-order valence-corrected chi connectivity index (χ1v) is 27.6. The minimum atomic E-state index is -0.552. The summed E-state index contributed by atoms with van der Waals surface area (Å²) in [4.78, 5) is 30.9. The predicted molar refractivity (Wildman–Crippen MR) is 295 cm³/mol. The van der Waals surface area contributed by atoms with Crippen LogP contribution in [0.3, 0.4) is 0 Å². The molecule has 10 nitrogen and oxygen atoms in total. The quantitative estimate of drug-likeness (QED) is 0.113. The first-order chi connectivity index (χ1) is 35.3. The number of anilines is 2. The molecule has 2 heterocycles. The van der Waals surface area contributed by atoms with Crippen molar-refractivity contribution in [2.45, 2.75) is 128 Å². The van der Waals surface area contributed by atoms with Crippen LogP contribution in [0.15, 0.2) is 97.5 Å². The molecule has 0 amide bonds. The molecule has 6 atom stereocenters. The Kier molecular flexibility index (Phi) is 16.0. The topological polar surface area (TPSA) is 96.0 Å². The SMILES string of the molecule is CO/C=C/[C@@H]1CC[C@H]1CN1C[C@@]2(CCCc3cc(Cl)ccc32)COc2ccc(C(=O)OC(C)(C)C)cc21.CO/C=C\[C@@H]1CC[C@H]1CN1C[C@@]2(CCCc3cc(Cl)ccc32)COc2ccc(C(=O)OC(C)(C)C)cc21. The lowest BCUT2D eigenvalue weighted by atomic mass is 9.69. The highest BCUT2D eigenvalue weighted by molar-refractivity contribution is 6.31. The van der Waals surface area contributed by atoms with Crippen LogP contribution in [-0.4, -0.2) is 76.8 Å². The van der Waals surface area contributed by atoms with E-state index in [4.69, 9.17) is 51.6 Å². The monoisotopic (exact) mass is 1050 g/mol. The maximum atomic E-state index is 13.0. The maximum Gasteiger partial charge on any atom is 0.338 e.